The van der Waals surface area contributed by atoms with Crippen LogP contribution in [0.3, 0.4) is 0 Å². The lowest BCUT2D eigenvalue weighted by molar-refractivity contribution is 0.165. The van der Waals surface area contributed by atoms with Crippen LogP contribution in [-0.2, 0) is 6.54 Å². The molecule has 0 aliphatic carbocycles. The summed E-state index contributed by atoms with van der Waals surface area (Å²) >= 11 is 1.69. The van der Waals surface area contributed by atoms with E-state index >= 15 is 0 Å². The van der Waals surface area contributed by atoms with Gasteiger partial charge in [0.2, 0.25) is 0 Å². The SMILES string of the molecule is CNCC1CCCN(Cc2csc(-c3ccccn3)n2)C1. The fourth-order valence-electron chi connectivity index (χ4n) is 2.97. The van der Waals surface area contributed by atoms with E-state index in [2.05, 4.69) is 20.6 Å². The highest BCUT2D eigenvalue weighted by molar-refractivity contribution is 7.13. The average molecular weight is 302 g/mol. The summed E-state index contributed by atoms with van der Waals surface area (Å²) in [5, 5.41) is 6.49. The standard InChI is InChI=1S/C16H22N4S/c1-17-9-13-5-4-8-20(10-13)11-14-12-21-16(19-14)15-6-2-3-7-18-15/h2-3,6-7,12-13,17H,4-5,8-11H2,1H3. The van der Waals surface area contributed by atoms with E-state index in [0.717, 1.165) is 29.7 Å². The molecule has 3 rings (SSSR count). The lowest BCUT2D eigenvalue weighted by Crippen LogP contribution is -2.38. The number of nitrogens with zero attached hydrogens (tertiary/aromatic N) is 3. The summed E-state index contributed by atoms with van der Waals surface area (Å²) in [6.07, 6.45) is 4.46. The number of nitrogens with one attached hydrogen (secondary N) is 1. The summed E-state index contributed by atoms with van der Waals surface area (Å²) in [7, 11) is 2.04. The Labute approximate surface area is 130 Å². The molecule has 3 heterocycles. The van der Waals surface area contributed by atoms with Gasteiger partial charge >= 0.3 is 0 Å². The van der Waals surface area contributed by atoms with Crippen molar-refractivity contribution in [1.29, 1.82) is 0 Å². The monoisotopic (exact) mass is 302 g/mol. The first-order valence-electron chi connectivity index (χ1n) is 7.58. The van der Waals surface area contributed by atoms with Gasteiger partial charge in [-0.15, -0.1) is 11.3 Å². The van der Waals surface area contributed by atoms with Crippen LogP contribution in [0.4, 0.5) is 0 Å². The van der Waals surface area contributed by atoms with E-state index in [0.29, 0.717) is 0 Å². The highest BCUT2D eigenvalue weighted by Crippen LogP contribution is 2.23. The lowest BCUT2D eigenvalue weighted by atomic mass is 9.98. The van der Waals surface area contributed by atoms with Crippen LogP contribution in [0, 0.1) is 5.92 Å². The van der Waals surface area contributed by atoms with E-state index < -0.39 is 0 Å². The fraction of sp³-hybridized carbons (Fsp3) is 0.500. The molecule has 0 spiro atoms. The van der Waals surface area contributed by atoms with Gasteiger partial charge in [0.25, 0.3) is 0 Å². The highest BCUT2D eigenvalue weighted by Gasteiger charge is 2.20. The fourth-order valence-corrected chi connectivity index (χ4v) is 3.75. The molecule has 21 heavy (non-hydrogen) atoms. The molecule has 1 N–H and O–H groups in total. The number of pyridine rings is 1. The normalized spacial score (nSPS) is 19.8. The van der Waals surface area contributed by atoms with Crippen molar-refractivity contribution in [3.05, 3.63) is 35.5 Å². The first kappa shape index (κ1) is 14.6. The second kappa shape index (κ2) is 7.11. The van der Waals surface area contributed by atoms with Crippen LogP contribution in [-0.4, -0.2) is 41.5 Å². The third-order valence-electron chi connectivity index (χ3n) is 3.92. The molecule has 2 aromatic heterocycles. The minimum Gasteiger partial charge on any atom is -0.319 e. The van der Waals surface area contributed by atoms with Crippen molar-refractivity contribution in [3.8, 4) is 10.7 Å². The van der Waals surface area contributed by atoms with E-state index in [1.165, 1.54) is 31.6 Å². The largest absolute Gasteiger partial charge is 0.319 e. The maximum Gasteiger partial charge on any atom is 0.142 e. The Hall–Kier alpha value is -1.30. The molecular formula is C16H22N4S. The van der Waals surface area contributed by atoms with Crippen LogP contribution < -0.4 is 5.32 Å². The van der Waals surface area contributed by atoms with Gasteiger partial charge in [0.05, 0.1) is 11.4 Å². The molecule has 1 aliphatic heterocycles. The van der Waals surface area contributed by atoms with E-state index in [4.69, 9.17) is 4.98 Å². The number of likely N-dealkylation sites (tertiary alicyclic amines) is 1. The first-order chi connectivity index (χ1) is 10.3. The van der Waals surface area contributed by atoms with Gasteiger partial charge in [-0.1, -0.05) is 6.07 Å². The van der Waals surface area contributed by atoms with Crippen molar-refractivity contribution in [2.75, 3.05) is 26.7 Å². The zero-order valence-electron chi connectivity index (χ0n) is 12.5. The molecule has 112 valence electrons. The van der Waals surface area contributed by atoms with Gasteiger partial charge in [0, 0.05) is 24.7 Å². The predicted molar refractivity (Wildman–Crippen MR) is 87.3 cm³/mol. The highest BCUT2D eigenvalue weighted by atomic mass is 32.1. The summed E-state index contributed by atoms with van der Waals surface area (Å²) in [6, 6.07) is 5.97. The second-order valence-electron chi connectivity index (χ2n) is 5.66. The van der Waals surface area contributed by atoms with Gasteiger partial charge < -0.3 is 5.32 Å². The maximum atomic E-state index is 4.74. The Kier molecular flexibility index (Phi) is 4.95. The molecule has 1 aliphatic rings. The molecule has 0 aromatic carbocycles. The summed E-state index contributed by atoms with van der Waals surface area (Å²) in [4.78, 5) is 11.6. The Balaban J connectivity index is 1.62. The van der Waals surface area contributed by atoms with Gasteiger partial charge in [-0.3, -0.25) is 9.88 Å². The number of hydrogen-bond donors (Lipinski definition) is 1. The first-order valence-corrected chi connectivity index (χ1v) is 8.46. The molecule has 0 bridgehead atoms. The van der Waals surface area contributed by atoms with E-state index in [9.17, 15) is 0 Å². The van der Waals surface area contributed by atoms with Crippen molar-refractivity contribution >= 4 is 11.3 Å². The summed E-state index contributed by atoms with van der Waals surface area (Å²) < 4.78 is 0. The average Bonchev–Trinajstić information content (AvgIpc) is 2.97. The molecule has 0 saturated carbocycles. The van der Waals surface area contributed by atoms with Crippen molar-refractivity contribution < 1.29 is 0 Å². The second-order valence-corrected chi connectivity index (χ2v) is 6.52. The number of thiazole rings is 1. The maximum absolute atomic E-state index is 4.74. The van der Waals surface area contributed by atoms with Gasteiger partial charge in [-0.2, -0.15) is 0 Å². The number of aromatic nitrogens is 2. The molecule has 0 radical (unpaired) electrons. The molecule has 1 atom stereocenters. The topological polar surface area (TPSA) is 41.0 Å². The van der Waals surface area contributed by atoms with Crippen LogP contribution in [0.5, 0.6) is 0 Å². The number of rotatable bonds is 5. The van der Waals surface area contributed by atoms with Gasteiger partial charge in [-0.25, -0.2) is 4.98 Å². The molecule has 5 heteroatoms. The summed E-state index contributed by atoms with van der Waals surface area (Å²) in [6.45, 7) is 4.45. The molecule has 1 fully saturated rings. The summed E-state index contributed by atoms with van der Waals surface area (Å²) in [5.41, 5.74) is 2.14. The van der Waals surface area contributed by atoms with Crippen molar-refractivity contribution in [3.63, 3.8) is 0 Å². The molecule has 0 amide bonds. The lowest BCUT2D eigenvalue weighted by Gasteiger charge is -2.32. The minimum atomic E-state index is 0.776. The van der Waals surface area contributed by atoms with Crippen LogP contribution >= 0.6 is 11.3 Å². The van der Waals surface area contributed by atoms with Crippen molar-refractivity contribution in [2.45, 2.75) is 19.4 Å². The Morgan fingerprint density at radius 2 is 2.38 bits per heavy atom. The Bertz CT molecular complexity index is 552. The third kappa shape index (κ3) is 3.87. The Morgan fingerprint density at radius 1 is 1.43 bits per heavy atom. The number of piperidine rings is 1. The van der Waals surface area contributed by atoms with Crippen LogP contribution in [0.15, 0.2) is 29.8 Å². The van der Waals surface area contributed by atoms with Gasteiger partial charge in [-0.05, 0) is 51.0 Å². The van der Waals surface area contributed by atoms with Gasteiger partial charge in [0.1, 0.15) is 5.01 Å². The van der Waals surface area contributed by atoms with E-state index in [-0.39, 0.29) is 0 Å². The van der Waals surface area contributed by atoms with Crippen LogP contribution in [0.25, 0.3) is 10.7 Å². The van der Waals surface area contributed by atoms with Crippen molar-refractivity contribution in [1.82, 2.24) is 20.2 Å². The van der Waals surface area contributed by atoms with Gasteiger partial charge in [0.15, 0.2) is 0 Å². The Morgan fingerprint density at radius 3 is 3.19 bits per heavy atom. The zero-order valence-corrected chi connectivity index (χ0v) is 13.3. The van der Waals surface area contributed by atoms with E-state index in [1.54, 1.807) is 11.3 Å². The zero-order chi connectivity index (χ0) is 14.5. The third-order valence-corrected chi connectivity index (χ3v) is 4.83. The van der Waals surface area contributed by atoms with Crippen molar-refractivity contribution in [2.24, 2.45) is 5.92 Å². The van der Waals surface area contributed by atoms with Crippen LogP contribution in [0.1, 0.15) is 18.5 Å². The van der Waals surface area contributed by atoms with Crippen LogP contribution in [0.2, 0.25) is 0 Å². The van der Waals surface area contributed by atoms with E-state index in [1.807, 2.05) is 31.4 Å². The number of hydrogen-bond acceptors (Lipinski definition) is 5. The quantitative estimate of drug-likeness (QED) is 0.922. The molecule has 4 nitrogen and oxygen atoms in total. The summed E-state index contributed by atoms with van der Waals surface area (Å²) in [5.74, 6) is 0.776. The molecule has 2 aromatic rings. The predicted octanol–water partition coefficient (Wildman–Crippen LogP) is 2.64. The molecular weight excluding hydrogens is 280 g/mol. The minimum absolute atomic E-state index is 0.776. The molecule has 1 unspecified atom stereocenters. The molecule has 1 saturated heterocycles. The smallest absolute Gasteiger partial charge is 0.142 e.